The number of aromatic nitrogens is 2. The van der Waals surface area contributed by atoms with Crippen molar-refractivity contribution < 1.29 is 97.1 Å². The number of phosphoric acid groups is 1. The van der Waals surface area contributed by atoms with Crippen molar-refractivity contribution in [3.63, 3.8) is 0 Å². The van der Waals surface area contributed by atoms with Gasteiger partial charge in [-0.15, -0.1) is 11.4 Å². The number of aliphatic hydroxyl groups excluding tert-OH is 2. The predicted molar refractivity (Wildman–Crippen MR) is 341 cm³/mol. The zero-order valence-corrected chi connectivity index (χ0v) is 57.9. The van der Waals surface area contributed by atoms with Crippen LogP contribution < -0.4 is 49.9 Å². The monoisotopic (exact) mass is 1410 g/mol. The van der Waals surface area contributed by atoms with E-state index >= 15 is 0 Å². The Kier molecular flexibility index (Phi) is 24.3. The third-order valence-electron chi connectivity index (χ3n) is 20.6. The first-order valence-electron chi connectivity index (χ1n) is 31.0. The minimum absolute atomic E-state index is 0. The van der Waals surface area contributed by atoms with Crippen LogP contribution in [0.2, 0.25) is 0 Å². The zero-order chi connectivity index (χ0) is 70.3. The number of nitrogens with one attached hydrogen (secondary N) is 2. The molecule has 2 aromatic rings. The molecule has 1 radical (unpaired) electrons. The first kappa shape index (κ1) is 77.6. The Bertz CT molecular complexity index is 3660. The van der Waals surface area contributed by atoms with Gasteiger partial charge in [-0.1, -0.05) is 34.6 Å². The van der Waals surface area contributed by atoms with Crippen molar-refractivity contribution in [2.45, 2.75) is 189 Å². The number of imidazole rings is 1. The largest absolute Gasteiger partial charge is 2.00 e. The van der Waals surface area contributed by atoms with Crippen molar-refractivity contribution in [2.24, 2.45) is 94.7 Å². The Hall–Kier alpha value is -6.42. The molecule has 0 spiro atoms. The van der Waals surface area contributed by atoms with E-state index in [1.165, 1.54) is 17.8 Å². The number of allylic oxidation sites excluding steroid dienone is 6. The Morgan fingerprint density at radius 1 is 0.821 bits per heavy atom. The number of nitrogens with two attached hydrogens (primary N) is 6. The third kappa shape index (κ3) is 15.9. The molecule has 33 heteroatoms. The van der Waals surface area contributed by atoms with Crippen molar-refractivity contribution in [3.05, 3.63) is 63.9 Å². The number of rotatable bonds is 26. The molecule has 2 fully saturated rings. The van der Waals surface area contributed by atoms with E-state index in [1.807, 2.05) is 87.4 Å². The number of primary amides is 6. The Morgan fingerprint density at radius 3 is 1.95 bits per heavy atom. The van der Waals surface area contributed by atoms with Gasteiger partial charge in [-0.2, -0.15) is 0 Å². The van der Waals surface area contributed by atoms with Crippen LogP contribution in [0.1, 0.15) is 150 Å². The van der Waals surface area contributed by atoms with E-state index < -0.39 is 155 Å². The van der Waals surface area contributed by atoms with E-state index in [0.29, 0.717) is 56.4 Å². The van der Waals surface area contributed by atoms with Crippen LogP contribution in [0.15, 0.2) is 67.8 Å². The van der Waals surface area contributed by atoms with Crippen LogP contribution in [-0.2, 0) is 80.1 Å². The molecule has 0 saturated carbocycles. The van der Waals surface area contributed by atoms with E-state index in [-0.39, 0.29) is 94.0 Å². The van der Waals surface area contributed by atoms with E-state index in [2.05, 4.69) is 15.6 Å². The summed E-state index contributed by atoms with van der Waals surface area (Å²) in [7, 11) is -5.32. The Labute approximate surface area is 564 Å². The molecule has 8 bridgehead atoms. The second-order valence-corrected chi connectivity index (χ2v) is 29.0. The van der Waals surface area contributed by atoms with E-state index in [9.17, 15) is 53.2 Å². The molecule has 2 saturated heterocycles. The maximum absolute atomic E-state index is 14.4. The number of benzene rings is 1. The summed E-state index contributed by atoms with van der Waals surface area (Å²) in [6.45, 7) is 19.1. The van der Waals surface area contributed by atoms with Gasteiger partial charge in [-0.25, -0.2) is 4.98 Å². The average molecular weight is 1410 g/mol. The number of phosphoric ester groups is 1. The van der Waals surface area contributed by atoms with Crippen LogP contribution in [0.3, 0.4) is 0 Å². The van der Waals surface area contributed by atoms with Gasteiger partial charge in [0.2, 0.25) is 41.4 Å². The number of amides is 7. The van der Waals surface area contributed by atoms with Gasteiger partial charge in [0.05, 0.1) is 41.7 Å². The second-order valence-electron chi connectivity index (χ2n) is 27.3. The summed E-state index contributed by atoms with van der Waals surface area (Å²) in [6.07, 6.45) is -4.57. The third-order valence-corrected chi connectivity index (χ3v) is 21.7. The van der Waals surface area contributed by atoms with Crippen molar-refractivity contribution in [3.8, 4) is 0 Å². The smallest absolute Gasteiger partial charge is 0.784 e. The molecular formula is C62H89CoN13O17PS-. The minimum atomic E-state index is -5.32. The SMILES string of the molecule is C/C1=C2N=C(/C=C3\N/C(=C(/C)C4=N[C@@](C)([C@@H]5N=C1[C@](C)(CCC(=O)NC[C@@H](C)OP(=O)([O-])O[C@H]1[C@@H](O)[C@@H](n6cnc7cc(C)c(C)cc76)O[C@@H]1CO)[C@H]5CC(N)=O)[C@@](C)(CC(N)=O)[C@@H]4CCC(N)=O)[C@@](C)(CC(N)=O)[C@@H]3CCC(N)=O)C(C)(C)[C@@H]/2CCC(N)=O.O=S([O-])[O-].[Co+2]. The van der Waals surface area contributed by atoms with Crippen molar-refractivity contribution in [2.75, 3.05) is 13.2 Å². The number of aliphatic imine (C=N–C) groups is 3. The summed E-state index contributed by atoms with van der Waals surface area (Å²) >= 11 is -3.11. The van der Waals surface area contributed by atoms with Gasteiger partial charge >= 0.3 is 16.8 Å². The first-order chi connectivity index (χ1) is 43.6. The molecule has 7 amide bonds. The van der Waals surface area contributed by atoms with Crippen molar-refractivity contribution in [1.82, 2.24) is 20.2 Å². The minimum Gasteiger partial charge on any atom is -0.784 e. The molecule has 6 aliphatic heterocycles. The average Bonchev–Trinajstić information content (AvgIpc) is 1.53. The molecule has 6 aliphatic rings. The molecule has 1 aromatic carbocycles. The maximum Gasteiger partial charge on any atom is 2.00 e. The molecule has 8 rings (SSSR count). The van der Waals surface area contributed by atoms with Crippen LogP contribution in [0.5, 0.6) is 0 Å². The number of aryl methyl sites for hydroxylation is 2. The molecular weight excluding hydrogens is 1320 g/mol. The summed E-state index contributed by atoms with van der Waals surface area (Å²) in [6, 6.07) is 2.67. The Morgan fingerprint density at radius 2 is 1.39 bits per heavy atom. The van der Waals surface area contributed by atoms with Crippen molar-refractivity contribution >= 4 is 88.7 Å². The molecule has 15 atom stereocenters. The van der Waals surface area contributed by atoms with Crippen LogP contribution in [-0.4, -0.2) is 141 Å². The normalized spacial score (nSPS) is 32.8. The van der Waals surface area contributed by atoms with Gasteiger partial charge in [0.15, 0.2) is 6.23 Å². The summed E-state index contributed by atoms with van der Waals surface area (Å²) in [5.74, 6) is -7.24. The molecule has 1 aromatic heterocycles. The number of hydrogen-bond acceptors (Lipinski definition) is 22. The van der Waals surface area contributed by atoms with Crippen LogP contribution in [0.25, 0.3) is 11.0 Å². The fraction of sp³-hybridized carbons (Fsp3) is 0.629. The van der Waals surface area contributed by atoms with Gasteiger partial charge in [0.1, 0.15) is 18.3 Å². The number of aliphatic hydroxyl groups is 2. The second kappa shape index (κ2) is 29.7. The fourth-order valence-electron chi connectivity index (χ4n) is 15.4. The topological polar surface area (TPSA) is 526 Å². The standard InChI is InChI=1S/C62H90N13O14P.Co.H2O3S/c1-29-20-39-40(21-30(29)2)75(28-70-39)57-52(84)53(41(27-76)87-57)89-90(85,86)88-31(3)26-69-49(83)18-19-59(8)37(22-46(66)80)56-62(11)61(10,25-48(68)82)36(14-17-45(65)79)51(74-62)33(5)55-60(9,24-47(67)81)34(12-15-43(63)77)38(71-55)23-42-58(6,7)35(13-16-44(64)78)50(72-42)32(4)54(59)73-56;;1-4(2)3/h20-21,23,28,31,34-37,41,52-53,56-57,71,76,84H,12-19,22,24-27H2,1-11H3,(H2,63,77)(H2,64,78)(H2,65,79)(H2,66,80)(H2,67,81)(H2,68,82)(H,69,83)(H,85,86);;(H2,1,2,3)/q;+2;/p-3/b38-23-,50-32-,55-33-;;/t31-,34-,35-,36-,37+,41-,52-,53-,56-,57+,59-,60+,61+,62+;;/m1../s1. The number of hydrogen-bond donors (Lipinski definition) is 10. The molecule has 30 nitrogen and oxygen atoms in total. The molecule has 525 valence electrons. The number of nitrogens with zero attached hydrogens (tertiary/aromatic N) is 5. The summed E-state index contributed by atoms with van der Waals surface area (Å²) in [5.41, 5.74) is 37.2. The maximum atomic E-state index is 14.4. The molecule has 95 heavy (non-hydrogen) atoms. The van der Waals surface area contributed by atoms with Gasteiger partial charge in [0, 0.05) is 131 Å². The number of ether oxygens (including phenoxy) is 1. The van der Waals surface area contributed by atoms with Gasteiger partial charge < -0.3 is 87.6 Å². The molecule has 7 heterocycles. The van der Waals surface area contributed by atoms with Crippen LogP contribution >= 0.6 is 7.82 Å². The van der Waals surface area contributed by atoms with E-state index in [0.717, 1.165) is 11.1 Å². The summed E-state index contributed by atoms with van der Waals surface area (Å²) in [5, 5.41) is 28.1. The fourth-order valence-corrected chi connectivity index (χ4v) is 16.6. The Balaban J connectivity index is 0.00000278. The molecule has 1 unspecified atom stereocenters. The van der Waals surface area contributed by atoms with Gasteiger partial charge in [-0.3, -0.25) is 57.3 Å². The predicted octanol–water partition coefficient (Wildman–Crippen LogP) is 1.52. The van der Waals surface area contributed by atoms with Crippen molar-refractivity contribution in [1.29, 1.82) is 0 Å². The zero-order valence-electron chi connectivity index (χ0n) is 55.2. The molecule has 16 N–H and O–H groups in total. The summed E-state index contributed by atoms with van der Waals surface area (Å²) < 4.78 is 57.2. The summed E-state index contributed by atoms with van der Waals surface area (Å²) in [4.78, 5) is 128. The van der Waals surface area contributed by atoms with E-state index in [1.54, 1.807) is 0 Å². The van der Waals surface area contributed by atoms with Crippen LogP contribution in [0, 0.1) is 59.2 Å². The quantitative estimate of drug-likeness (QED) is 0.0471. The van der Waals surface area contributed by atoms with Gasteiger partial charge in [-0.05, 0) is 108 Å². The van der Waals surface area contributed by atoms with Crippen LogP contribution in [0.4, 0.5) is 0 Å². The number of carbonyl (C=O) groups is 7. The van der Waals surface area contributed by atoms with E-state index in [4.69, 9.17) is 76.5 Å². The van der Waals surface area contributed by atoms with Gasteiger partial charge in [0.25, 0.3) is 7.82 Å². The first-order valence-corrected chi connectivity index (χ1v) is 33.5. The number of fused-ring (bicyclic) bond motifs is 7. The number of carbonyl (C=O) groups excluding carboxylic acids is 7. The molecule has 0 aliphatic carbocycles.